The minimum Gasteiger partial charge on any atom is -0.507 e. The van der Waals surface area contributed by atoms with Gasteiger partial charge in [0.05, 0.1) is 25.6 Å². The van der Waals surface area contributed by atoms with Crippen LogP contribution in [0.2, 0.25) is 0 Å². The van der Waals surface area contributed by atoms with Gasteiger partial charge in [0.1, 0.15) is 23.0 Å². The molecule has 0 heterocycles. The van der Waals surface area contributed by atoms with Crippen LogP contribution in [0.5, 0.6) is 23.0 Å². The summed E-state index contributed by atoms with van der Waals surface area (Å²) < 4.78 is 11.4. The van der Waals surface area contributed by atoms with Gasteiger partial charge in [0.15, 0.2) is 0 Å². The molecule has 0 amide bonds. The van der Waals surface area contributed by atoms with E-state index < -0.39 is 0 Å². The maximum absolute atomic E-state index is 10.2. The molecule has 0 aliphatic heterocycles. The lowest BCUT2D eigenvalue weighted by atomic mass is 10.2. The third-order valence-electron chi connectivity index (χ3n) is 5.06. The summed E-state index contributed by atoms with van der Waals surface area (Å²) in [7, 11) is 0. The number of alkyl halides is 2. The standard InChI is InChI=1S/C26H34Br2N2O4/c27-13-5-1-3-7-15-33-23-11-9-21(25(31)17-23)19-29-30-20-22-10-12-24(18-26(22)32)34-16-8-4-2-6-14-28/h9-12,17-20,31-32H,1-8,13-16H2. The number of aromatic hydroxyl groups is 2. The van der Waals surface area contributed by atoms with Gasteiger partial charge in [0, 0.05) is 33.9 Å². The Balaban J connectivity index is 1.78. The number of hydrogen-bond donors (Lipinski definition) is 2. The summed E-state index contributed by atoms with van der Waals surface area (Å²) >= 11 is 6.86. The second-order valence-electron chi connectivity index (χ2n) is 7.83. The number of nitrogens with zero attached hydrogens (tertiary/aromatic N) is 2. The zero-order chi connectivity index (χ0) is 24.4. The number of benzene rings is 2. The van der Waals surface area contributed by atoms with Crippen molar-refractivity contribution in [3.8, 4) is 23.0 Å². The van der Waals surface area contributed by atoms with Crippen molar-refractivity contribution in [3.05, 3.63) is 47.5 Å². The highest BCUT2D eigenvalue weighted by atomic mass is 79.9. The van der Waals surface area contributed by atoms with Gasteiger partial charge in [-0.3, -0.25) is 0 Å². The largest absolute Gasteiger partial charge is 0.507 e. The summed E-state index contributed by atoms with van der Waals surface area (Å²) in [5.41, 5.74) is 1.07. The molecular formula is C26H34Br2N2O4. The van der Waals surface area contributed by atoms with Crippen molar-refractivity contribution in [2.24, 2.45) is 10.2 Å². The molecule has 0 saturated carbocycles. The molecular weight excluding hydrogens is 564 g/mol. The maximum atomic E-state index is 10.2. The number of hydrogen-bond acceptors (Lipinski definition) is 6. The number of unbranched alkanes of at least 4 members (excludes halogenated alkanes) is 6. The smallest absolute Gasteiger partial charge is 0.128 e. The van der Waals surface area contributed by atoms with E-state index in [1.807, 2.05) is 0 Å². The van der Waals surface area contributed by atoms with Crippen molar-refractivity contribution in [1.82, 2.24) is 0 Å². The molecule has 2 N–H and O–H groups in total. The third kappa shape index (κ3) is 11.4. The summed E-state index contributed by atoms with van der Waals surface area (Å²) in [5, 5.41) is 30.4. The highest BCUT2D eigenvalue weighted by Gasteiger charge is 2.03. The molecule has 0 atom stereocenters. The molecule has 0 aliphatic carbocycles. The van der Waals surface area contributed by atoms with Gasteiger partial charge in [-0.1, -0.05) is 57.5 Å². The van der Waals surface area contributed by atoms with Crippen molar-refractivity contribution in [2.75, 3.05) is 23.9 Å². The summed E-state index contributed by atoms with van der Waals surface area (Å²) in [5.74, 6) is 1.41. The lowest BCUT2D eigenvalue weighted by Gasteiger charge is -2.07. The average molecular weight is 598 g/mol. The van der Waals surface area contributed by atoms with Gasteiger partial charge in [0.2, 0.25) is 0 Å². The summed E-state index contributed by atoms with van der Waals surface area (Å²) in [6, 6.07) is 10.2. The van der Waals surface area contributed by atoms with Crippen LogP contribution in [0.1, 0.15) is 62.5 Å². The Hall–Kier alpha value is -2.06. The fraction of sp³-hybridized carbons (Fsp3) is 0.462. The van der Waals surface area contributed by atoms with E-state index >= 15 is 0 Å². The Labute approximate surface area is 219 Å². The monoisotopic (exact) mass is 596 g/mol. The highest BCUT2D eigenvalue weighted by Crippen LogP contribution is 2.24. The first-order chi connectivity index (χ1) is 16.6. The molecule has 2 rings (SSSR count). The molecule has 0 spiro atoms. The van der Waals surface area contributed by atoms with E-state index in [9.17, 15) is 10.2 Å². The summed E-state index contributed by atoms with van der Waals surface area (Å²) in [6.45, 7) is 1.26. The van der Waals surface area contributed by atoms with Crippen molar-refractivity contribution < 1.29 is 19.7 Å². The van der Waals surface area contributed by atoms with Gasteiger partial charge in [0.25, 0.3) is 0 Å². The fourth-order valence-corrected chi connectivity index (χ4v) is 3.91. The number of ether oxygens (including phenoxy) is 2. The van der Waals surface area contributed by atoms with Crippen LogP contribution in [-0.4, -0.2) is 46.5 Å². The first kappa shape index (κ1) is 28.2. The van der Waals surface area contributed by atoms with Gasteiger partial charge >= 0.3 is 0 Å². The normalized spacial score (nSPS) is 11.5. The minimum atomic E-state index is 0.0762. The zero-order valence-corrected chi connectivity index (χ0v) is 22.6. The van der Waals surface area contributed by atoms with Gasteiger partial charge in [-0.2, -0.15) is 10.2 Å². The molecule has 0 bridgehead atoms. The Morgan fingerprint density at radius 2 is 1.03 bits per heavy atom. The first-order valence-corrected chi connectivity index (χ1v) is 14.0. The molecule has 0 saturated heterocycles. The summed E-state index contributed by atoms with van der Waals surface area (Å²) in [6.07, 6.45) is 11.9. The molecule has 0 unspecified atom stereocenters. The molecule has 6 nitrogen and oxygen atoms in total. The van der Waals surface area contributed by atoms with Crippen molar-refractivity contribution in [1.29, 1.82) is 0 Å². The first-order valence-electron chi connectivity index (χ1n) is 11.7. The van der Waals surface area contributed by atoms with Gasteiger partial charge in [-0.15, -0.1) is 0 Å². The van der Waals surface area contributed by atoms with Crippen LogP contribution in [0.4, 0.5) is 0 Å². The van der Waals surface area contributed by atoms with Gasteiger partial charge in [-0.05, 0) is 49.9 Å². The molecule has 2 aromatic carbocycles. The molecule has 34 heavy (non-hydrogen) atoms. The van der Waals surface area contributed by atoms with Crippen LogP contribution in [0.3, 0.4) is 0 Å². The predicted octanol–water partition coefficient (Wildman–Crippen LogP) is 7.22. The molecule has 0 aromatic heterocycles. The Morgan fingerprint density at radius 1 is 0.618 bits per heavy atom. The van der Waals surface area contributed by atoms with Crippen LogP contribution in [0.15, 0.2) is 46.6 Å². The Kier molecular flexibility index (Phi) is 14.4. The number of rotatable bonds is 17. The summed E-state index contributed by atoms with van der Waals surface area (Å²) in [4.78, 5) is 0. The zero-order valence-electron chi connectivity index (χ0n) is 19.5. The van der Waals surface area contributed by atoms with E-state index in [1.165, 1.54) is 38.1 Å². The van der Waals surface area contributed by atoms with E-state index in [0.29, 0.717) is 35.8 Å². The quantitative estimate of drug-likeness (QED) is 0.0872. The van der Waals surface area contributed by atoms with E-state index in [2.05, 4.69) is 42.1 Å². The Morgan fingerprint density at radius 3 is 1.41 bits per heavy atom. The second kappa shape index (κ2) is 17.4. The Bertz CT molecular complexity index is 833. The lowest BCUT2D eigenvalue weighted by Crippen LogP contribution is -1.98. The van der Waals surface area contributed by atoms with E-state index in [-0.39, 0.29) is 11.5 Å². The van der Waals surface area contributed by atoms with Crippen LogP contribution >= 0.6 is 31.9 Å². The number of phenols is 2. The van der Waals surface area contributed by atoms with Crippen LogP contribution in [-0.2, 0) is 0 Å². The molecule has 2 aromatic rings. The number of halogens is 2. The van der Waals surface area contributed by atoms with E-state index in [4.69, 9.17) is 9.47 Å². The molecule has 8 heteroatoms. The van der Waals surface area contributed by atoms with E-state index in [0.717, 1.165) is 36.3 Å². The molecule has 0 radical (unpaired) electrons. The van der Waals surface area contributed by atoms with Crippen molar-refractivity contribution in [2.45, 2.75) is 51.4 Å². The van der Waals surface area contributed by atoms with Gasteiger partial charge < -0.3 is 19.7 Å². The highest BCUT2D eigenvalue weighted by molar-refractivity contribution is 9.09. The molecule has 186 valence electrons. The van der Waals surface area contributed by atoms with Crippen LogP contribution in [0.25, 0.3) is 0 Å². The van der Waals surface area contributed by atoms with Gasteiger partial charge in [-0.25, -0.2) is 0 Å². The molecule has 0 aliphatic rings. The second-order valence-corrected chi connectivity index (χ2v) is 9.42. The number of phenolic OH excluding ortho intramolecular Hbond substituents is 2. The lowest BCUT2D eigenvalue weighted by molar-refractivity contribution is 0.303. The minimum absolute atomic E-state index is 0.0762. The fourth-order valence-electron chi connectivity index (χ4n) is 3.12. The average Bonchev–Trinajstić information content (AvgIpc) is 2.83. The predicted molar refractivity (Wildman–Crippen MR) is 147 cm³/mol. The maximum Gasteiger partial charge on any atom is 0.128 e. The topological polar surface area (TPSA) is 83.6 Å². The van der Waals surface area contributed by atoms with Crippen molar-refractivity contribution in [3.63, 3.8) is 0 Å². The van der Waals surface area contributed by atoms with Crippen LogP contribution in [0, 0.1) is 0 Å². The van der Waals surface area contributed by atoms with Crippen LogP contribution < -0.4 is 9.47 Å². The SMILES string of the molecule is Oc1cc(OCCCCCCBr)ccc1C=NN=Cc1ccc(OCCCCCCBr)cc1O. The third-order valence-corrected chi connectivity index (χ3v) is 6.18. The van der Waals surface area contributed by atoms with Crippen molar-refractivity contribution >= 4 is 44.3 Å². The van der Waals surface area contributed by atoms with E-state index in [1.54, 1.807) is 36.4 Å². The molecule has 0 fully saturated rings.